The fraction of sp³-hybridized carbons (Fsp3) is 0.333. The van der Waals surface area contributed by atoms with Gasteiger partial charge in [-0.2, -0.15) is 0 Å². The molecule has 1 aliphatic rings. The van der Waals surface area contributed by atoms with Crippen molar-refractivity contribution in [1.82, 2.24) is 0 Å². The highest BCUT2D eigenvalue weighted by Gasteiger charge is 2.10. The maximum Gasteiger partial charge on any atom is 0.128 e. The van der Waals surface area contributed by atoms with Crippen LogP contribution < -0.4 is 0 Å². The molecule has 0 nitrogen and oxygen atoms in total. The highest BCUT2D eigenvalue weighted by molar-refractivity contribution is 7.18. The van der Waals surface area contributed by atoms with Gasteiger partial charge in [0.2, 0.25) is 0 Å². The predicted molar refractivity (Wildman–Crippen MR) is 36.7 cm³/mol. The topological polar surface area (TPSA) is 0 Å². The van der Waals surface area contributed by atoms with Crippen LogP contribution in [0.1, 0.15) is 0 Å². The maximum absolute atomic E-state index is 12.4. The lowest BCUT2D eigenvalue weighted by atomic mass is 10.2. The van der Waals surface area contributed by atoms with Crippen LogP contribution in [0.5, 0.6) is 0 Å². The summed E-state index contributed by atoms with van der Waals surface area (Å²) in [5.74, 6) is 0. The molecule has 1 rings (SSSR count). The summed E-state index contributed by atoms with van der Waals surface area (Å²) in [6.45, 7) is 0. The summed E-state index contributed by atoms with van der Waals surface area (Å²) in [7, 11) is 2.43. The number of halogens is 1. The Labute approximate surface area is 50.7 Å². The molecular formula is C6H8FP. The molecular weight excluding hydrogens is 122 g/mol. The molecule has 0 amide bonds. The fourth-order valence-corrected chi connectivity index (χ4v) is 0.854. The van der Waals surface area contributed by atoms with Gasteiger partial charge in [-0.15, -0.1) is 9.24 Å². The van der Waals surface area contributed by atoms with E-state index in [4.69, 9.17) is 0 Å². The average molecular weight is 130 g/mol. The monoisotopic (exact) mass is 130 g/mol. The van der Waals surface area contributed by atoms with Crippen molar-refractivity contribution in [2.24, 2.45) is 0 Å². The van der Waals surface area contributed by atoms with Gasteiger partial charge >= 0.3 is 0 Å². The lowest BCUT2D eigenvalue weighted by Gasteiger charge is -2.09. The lowest BCUT2D eigenvalue weighted by Crippen LogP contribution is -2.11. The van der Waals surface area contributed by atoms with Crippen LogP contribution in [0.15, 0.2) is 24.3 Å². The molecule has 0 bridgehead atoms. The number of allylic oxidation sites excluding steroid dienone is 4. The molecule has 0 N–H and O–H groups in total. The van der Waals surface area contributed by atoms with E-state index < -0.39 is 6.17 Å². The molecule has 1 aliphatic carbocycles. The quantitative estimate of drug-likeness (QED) is 0.438. The van der Waals surface area contributed by atoms with E-state index in [9.17, 15) is 4.39 Å². The van der Waals surface area contributed by atoms with Crippen LogP contribution in [0.4, 0.5) is 4.39 Å². The van der Waals surface area contributed by atoms with Crippen LogP contribution in [0.2, 0.25) is 0 Å². The molecule has 0 spiro atoms. The van der Waals surface area contributed by atoms with Crippen LogP contribution in [0.25, 0.3) is 0 Å². The molecule has 0 saturated heterocycles. The van der Waals surface area contributed by atoms with Gasteiger partial charge in [0.15, 0.2) is 0 Å². The molecule has 0 aromatic heterocycles. The average Bonchev–Trinajstić information content (AvgIpc) is 1.77. The Morgan fingerprint density at radius 2 is 1.88 bits per heavy atom. The molecule has 8 heavy (non-hydrogen) atoms. The molecule has 3 unspecified atom stereocenters. The van der Waals surface area contributed by atoms with E-state index in [-0.39, 0.29) is 5.66 Å². The second-order valence-electron chi connectivity index (χ2n) is 1.79. The van der Waals surface area contributed by atoms with Crippen LogP contribution in [0.3, 0.4) is 0 Å². The van der Waals surface area contributed by atoms with Crippen molar-refractivity contribution in [1.29, 1.82) is 0 Å². The van der Waals surface area contributed by atoms with Crippen molar-refractivity contribution in [3.63, 3.8) is 0 Å². The molecule has 0 saturated carbocycles. The van der Waals surface area contributed by atoms with Gasteiger partial charge in [-0.25, -0.2) is 4.39 Å². The second-order valence-corrected chi connectivity index (χ2v) is 2.56. The Morgan fingerprint density at radius 3 is 2.25 bits per heavy atom. The second kappa shape index (κ2) is 2.41. The Morgan fingerprint density at radius 1 is 1.25 bits per heavy atom. The molecule has 0 aromatic rings. The number of alkyl halides is 1. The van der Waals surface area contributed by atoms with Gasteiger partial charge in [-0.1, -0.05) is 18.2 Å². The van der Waals surface area contributed by atoms with Gasteiger partial charge in [-0.3, -0.25) is 0 Å². The van der Waals surface area contributed by atoms with Gasteiger partial charge in [0.25, 0.3) is 0 Å². The van der Waals surface area contributed by atoms with E-state index in [1.807, 2.05) is 12.2 Å². The first-order chi connectivity index (χ1) is 3.80. The third kappa shape index (κ3) is 1.16. The zero-order valence-electron chi connectivity index (χ0n) is 4.42. The zero-order chi connectivity index (χ0) is 5.98. The SMILES string of the molecule is FC1C=CC=CC1P. The van der Waals surface area contributed by atoms with Crippen molar-refractivity contribution in [3.8, 4) is 0 Å². The first-order valence-corrected chi connectivity index (χ1v) is 3.22. The summed E-state index contributed by atoms with van der Waals surface area (Å²) in [6.07, 6.45) is 6.16. The fourth-order valence-electron chi connectivity index (χ4n) is 0.597. The van der Waals surface area contributed by atoms with Crippen molar-refractivity contribution < 1.29 is 4.39 Å². The Bertz CT molecular complexity index is 112. The smallest absolute Gasteiger partial charge is 0.128 e. The largest absolute Gasteiger partial charge is 0.242 e. The molecule has 0 aliphatic heterocycles. The minimum Gasteiger partial charge on any atom is -0.242 e. The van der Waals surface area contributed by atoms with Crippen molar-refractivity contribution >= 4 is 9.24 Å². The van der Waals surface area contributed by atoms with Crippen molar-refractivity contribution in [3.05, 3.63) is 24.3 Å². The van der Waals surface area contributed by atoms with Gasteiger partial charge in [-0.05, 0) is 6.08 Å². The summed E-state index contributed by atoms with van der Waals surface area (Å²) in [6, 6.07) is 0. The maximum atomic E-state index is 12.4. The predicted octanol–water partition coefficient (Wildman–Crippen LogP) is 1.69. The first kappa shape index (κ1) is 5.97. The Kier molecular flexibility index (Phi) is 1.80. The van der Waals surface area contributed by atoms with Crippen LogP contribution in [-0.2, 0) is 0 Å². The molecule has 0 heterocycles. The van der Waals surface area contributed by atoms with Gasteiger partial charge < -0.3 is 0 Å². The van der Waals surface area contributed by atoms with Crippen LogP contribution in [0, 0.1) is 0 Å². The van der Waals surface area contributed by atoms with Gasteiger partial charge in [0, 0.05) is 5.66 Å². The van der Waals surface area contributed by atoms with Crippen LogP contribution >= 0.6 is 9.24 Å². The normalized spacial score (nSPS) is 35.8. The Balaban J connectivity index is 2.59. The summed E-state index contributed by atoms with van der Waals surface area (Å²) >= 11 is 0. The number of hydrogen-bond acceptors (Lipinski definition) is 0. The summed E-state index contributed by atoms with van der Waals surface area (Å²) in [5.41, 5.74) is -0.0139. The van der Waals surface area contributed by atoms with Crippen LogP contribution in [-0.4, -0.2) is 11.8 Å². The third-order valence-corrected chi connectivity index (χ3v) is 1.70. The van der Waals surface area contributed by atoms with E-state index in [0.29, 0.717) is 0 Å². The highest BCUT2D eigenvalue weighted by Crippen LogP contribution is 2.15. The molecule has 2 heteroatoms. The molecule has 44 valence electrons. The summed E-state index contributed by atoms with van der Waals surface area (Å²) in [5, 5.41) is 0. The Hall–Kier alpha value is -0.160. The lowest BCUT2D eigenvalue weighted by molar-refractivity contribution is 0.408. The van der Waals surface area contributed by atoms with Gasteiger partial charge in [0.05, 0.1) is 0 Å². The van der Waals surface area contributed by atoms with Gasteiger partial charge in [0.1, 0.15) is 6.17 Å². The minimum absolute atomic E-state index is 0.0139. The zero-order valence-corrected chi connectivity index (χ0v) is 5.57. The van der Waals surface area contributed by atoms with E-state index >= 15 is 0 Å². The standard InChI is InChI=1S/C6H8FP/c7-5-3-1-2-4-6(5)8/h1-6H,8H2. The van der Waals surface area contributed by atoms with E-state index in [1.54, 1.807) is 12.2 Å². The van der Waals surface area contributed by atoms with E-state index in [1.165, 1.54) is 0 Å². The summed E-state index contributed by atoms with van der Waals surface area (Å²) < 4.78 is 12.4. The third-order valence-electron chi connectivity index (χ3n) is 1.11. The molecule has 0 fully saturated rings. The van der Waals surface area contributed by atoms with E-state index in [2.05, 4.69) is 9.24 Å². The number of rotatable bonds is 0. The minimum atomic E-state index is -0.801. The number of hydrogen-bond donors (Lipinski definition) is 0. The van der Waals surface area contributed by atoms with Crippen molar-refractivity contribution in [2.45, 2.75) is 11.8 Å². The van der Waals surface area contributed by atoms with E-state index in [0.717, 1.165) is 0 Å². The summed E-state index contributed by atoms with van der Waals surface area (Å²) in [4.78, 5) is 0. The molecule has 3 atom stereocenters. The molecule has 0 radical (unpaired) electrons. The first-order valence-electron chi connectivity index (χ1n) is 2.55. The highest BCUT2D eigenvalue weighted by atomic mass is 31.0. The van der Waals surface area contributed by atoms with Crippen molar-refractivity contribution in [2.75, 3.05) is 0 Å². The molecule has 0 aromatic carbocycles.